The molecule has 0 radical (unpaired) electrons. The Bertz CT molecular complexity index is 11.6. The number of hydrogen-bond acceptors (Lipinski definition) is 0. The monoisotopic (exact) mass is 207 g/mol. The Morgan fingerprint density at radius 3 is 0.400 bits per heavy atom. The van der Waals surface area contributed by atoms with E-state index < -0.39 is 0 Å². The van der Waals surface area contributed by atoms with E-state index in [1.54, 1.807) is 0 Å². The maximum Gasteiger partial charge on any atom is 2.00 e. The van der Waals surface area contributed by atoms with Crippen LogP contribution in [0.2, 0.25) is 0 Å². The Morgan fingerprint density at radius 1 is 0.400 bits per heavy atom. The van der Waals surface area contributed by atoms with E-state index in [4.69, 9.17) is 0 Å². The Kier molecular flexibility index (Phi) is 21800. The van der Waals surface area contributed by atoms with E-state index in [9.17, 15) is 0 Å². The molecule has 0 spiro atoms. The quantitative estimate of drug-likeness (QED) is 0.338. The van der Waals surface area contributed by atoms with E-state index in [0.29, 0.717) is 0 Å². The van der Waals surface area contributed by atoms with E-state index >= 15 is 0 Å². The van der Waals surface area contributed by atoms with E-state index in [0.717, 1.165) is 0 Å². The van der Waals surface area contributed by atoms with Crippen LogP contribution in [0, 0.1) is 0 Å². The van der Waals surface area contributed by atoms with Gasteiger partial charge in [-0.15, -0.1) is 0 Å². The number of rotatable bonds is 0. The van der Waals surface area contributed by atoms with Gasteiger partial charge in [-0.05, 0) is 0 Å². The molecule has 0 aliphatic carbocycles. The van der Waals surface area contributed by atoms with Crippen molar-refractivity contribution in [3.05, 3.63) is 0 Å². The minimum atomic E-state index is 0. The topological polar surface area (TPSA) is 218 Å². The van der Waals surface area contributed by atoms with Crippen molar-refractivity contribution in [2.75, 3.05) is 0 Å². The third-order valence-electron chi connectivity index (χ3n) is 0. The first-order valence-electron chi connectivity index (χ1n) is 0. The number of halogens is 1. The SMILES string of the molecule is O.O.O.O.O.O.[Cl-].[Mg+2].[Mg+2].[O-2]. The molecular weight excluding hydrogens is 196 g/mol. The summed E-state index contributed by atoms with van der Waals surface area (Å²) < 4.78 is 0. The maximum atomic E-state index is 0. The summed E-state index contributed by atoms with van der Waals surface area (Å²) in [5.41, 5.74) is 0. The van der Waals surface area contributed by atoms with Gasteiger partial charge >= 0.3 is 46.1 Å². The zero-order valence-electron chi connectivity index (χ0n) is 5.20. The average Bonchev–Trinajstić information content (AvgIpc) is 0. The molecule has 0 saturated heterocycles. The van der Waals surface area contributed by atoms with Crippen molar-refractivity contribution in [2.24, 2.45) is 0 Å². The second-order valence-electron chi connectivity index (χ2n) is 0. The molecule has 10 heavy (non-hydrogen) atoms. The largest absolute Gasteiger partial charge is 2.00 e. The van der Waals surface area contributed by atoms with Crippen molar-refractivity contribution in [3.63, 3.8) is 0 Å². The van der Waals surface area contributed by atoms with Crippen molar-refractivity contribution in [2.45, 2.75) is 0 Å². The summed E-state index contributed by atoms with van der Waals surface area (Å²) >= 11 is 0. The van der Waals surface area contributed by atoms with E-state index in [-0.39, 0.29) is 96.8 Å². The Morgan fingerprint density at radius 2 is 0.400 bits per heavy atom. The van der Waals surface area contributed by atoms with Gasteiger partial charge in [0.15, 0.2) is 0 Å². The molecule has 0 unspecified atom stereocenters. The molecule has 7 nitrogen and oxygen atoms in total. The minimum absolute atomic E-state index is 0. The van der Waals surface area contributed by atoms with Crippen LogP contribution in [0.4, 0.5) is 0 Å². The van der Waals surface area contributed by atoms with Gasteiger partial charge < -0.3 is 50.7 Å². The molecule has 0 aromatic heterocycles. The molecule has 10 heteroatoms. The van der Waals surface area contributed by atoms with Crippen LogP contribution in [-0.4, -0.2) is 79.0 Å². The summed E-state index contributed by atoms with van der Waals surface area (Å²) in [6.45, 7) is 0. The van der Waals surface area contributed by atoms with Gasteiger partial charge in [-0.1, -0.05) is 0 Å². The summed E-state index contributed by atoms with van der Waals surface area (Å²) in [5, 5.41) is 0. The van der Waals surface area contributed by atoms with Crippen LogP contribution in [-0.2, 0) is 5.48 Å². The normalized spacial score (nSPS) is 0. The van der Waals surface area contributed by atoms with Crippen molar-refractivity contribution >= 4 is 46.1 Å². The third-order valence-corrected chi connectivity index (χ3v) is 0. The molecule has 0 saturated carbocycles. The smallest absolute Gasteiger partial charge is 2.00 e. The van der Waals surface area contributed by atoms with Crippen molar-refractivity contribution in [3.8, 4) is 0 Å². The van der Waals surface area contributed by atoms with Gasteiger partial charge in [0.25, 0.3) is 0 Å². The van der Waals surface area contributed by atoms with E-state index in [1.807, 2.05) is 0 Å². The first-order valence-corrected chi connectivity index (χ1v) is 0. The van der Waals surface area contributed by atoms with Crippen LogP contribution in [0.3, 0.4) is 0 Å². The van der Waals surface area contributed by atoms with Gasteiger partial charge in [0, 0.05) is 0 Å². The van der Waals surface area contributed by atoms with E-state index in [2.05, 4.69) is 0 Å². The van der Waals surface area contributed by atoms with Crippen molar-refractivity contribution in [1.82, 2.24) is 0 Å². The number of hydrogen-bond donors (Lipinski definition) is 0. The van der Waals surface area contributed by atoms with E-state index in [1.165, 1.54) is 0 Å². The van der Waals surface area contributed by atoms with Crippen molar-refractivity contribution in [1.29, 1.82) is 0 Å². The van der Waals surface area contributed by atoms with Crippen LogP contribution >= 0.6 is 0 Å². The first-order chi connectivity index (χ1) is 0. The standard InChI is InChI=1S/ClH.2Mg.6H2O.O/h1H;;;6*1H2;/q;2*+2;;;;;;;-2/p-1. The van der Waals surface area contributed by atoms with Crippen molar-refractivity contribution < 1.29 is 50.7 Å². The molecule has 0 fully saturated rings. The fourth-order valence-electron chi connectivity index (χ4n) is 0. The molecule has 0 rings (SSSR count). The van der Waals surface area contributed by atoms with Gasteiger partial charge in [0.2, 0.25) is 0 Å². The third kappa shape index (κ3) is 293. The maximum absolute atomic E-state index is 0. The average molecular weight is 208 g/mol. The fraction of sp³-hybridized carbons (Fsp3) is 0. The molecule has 0 bridgehead atoms. The van der Waals surface area contributed by atoms with Gasteiger partial charge in [-0.3, -0.25) is 0 Å². The summed E-state index contributed by atoms with van der Waals surface area (Å²) in [5.74, 6) is 0. The summed E-state index contributed by atoms with van der Waals surface area (Å²) in [4.78, 5) is 0. The van der Waals surface area contributed by atoms with Gasteiger partial charge in [0.05, 0.1) is 0 Å². The molecule has 12 N–H and O–H groups in total. The molecule has 64 valence electrons. The molecule has 0 amide bonds. The predicted molar refractivity (Wildman–Crippen MR) is 33.9 cm³/mol. The summed E-state index contributed by atoms with van der Waals surface area (Å²) in [6, 6.07) is 0. The first kappa shape index (κ1) is 539. The Hall–Kier alpha value is 1.54. The van der Waals surface area contributed by atoms with Gasteiger partial charge in [-0.25, -0.2) is 0 Å². The fourth-order valence-corrected chi connectivity index (χ4v) is 0. The second-order valence-corrected chi connectivity index (χ2v) is 0. The molecule has 0 heterocycles. The molecule has 0 aliphatic rings. The Balaban J connectivity index is 0. The van der Waals surface area contributed by atoms with Gasteiger partial charge in [0.1, 0.15) is 0 Å². The van der Waals surface area contributed by atoms with Crippen LogP contribution in [0.1, 0.15) is 0 Å². The zero-order valence-corrected chi connectivity index (χ0v) is 8.78. The van der Waals surface area contributed by atoms with Crippen LogP contribution in [0.15, 0.2) is 0 Å². The molecule has 0 atom stereocenters. The molecule has 0 aliphatic heterocycles. The van der Waals surface area contributed by atoms with Crippen LogP contribution < -0.4 is 12.4 Å². The second kappa shape index (κ2) is 403. The van der Waals surface area contributed by atoms with Crippen LogP contribution in [0.5, 0.6) is 0 Å². The summed E-state index contributed by atoms with van der Waals surface area (Å²) in [6.07, 6.45) is 0. The molecular formula is H12ClMg2O7+. The van der Waals surface area contributed by atoms with Gasteiger partial charge in [-0.2, -0.15) is 0 Å². The Labute approximate surface area is 96.4 Å². The molecule has 0 aromatic carbocycles. The minimum Gasteiger partial charge on any atom is -2.00 e. The molecule has 0 aromatic rings. The zero-order chi connectivity index (χ0) is 0. The van der Waals surface area contributed by atoms with Crippen LogP contribution in [0.25, 0.3) is 0 Å². The summed E-state index contributed by atoms with van der Waals surface area (Å²) in [7, 11) is 0. The predicted octanol–water partition coefficient (Wildman–Crippen LogP) is -8.82.